The quantitative estimate of drug-likeness (QED) is 0.687. The average molecular weight is 376 g/mol. The molecule has 0 unspecified atom stereocenters. The highest BCUT2D eigenvalue weighted by molar-refractivity contribution is 6.30. The summed E-state index contributed by atoms with van der Waals surface area (Å²) in [4.78, 5) is 25.7. The number of benzene rings is 2. The fourth-order valence-corrected chi connectivity index (χ4v) is 2.44. The molecule has 0 aliphatic rings. The van der Waals surface area contributed by atoms with E-state index in [0.29, 0.717) is 17.1 Å². The Morgan fingerprint density at radius 3 is 2.50 bits per heavy atom. The van der Waals surface area contributed by atoms with Crippen LogP contribution in [0.1, 0.15) is 5.56 Å². The van der Waals surface area contributed by atoms with E-state index in [4.69, 9.17) is 16.0 Å². The van der Waals surface area contributed by atoms with Gasteiger partial charge in [-0.2, -0.15) is 4.68 Å². The van der Waals surface area contributed by atoms with E-state index in [1.807, 2.05) is 12.1 Å². The van der Waals surface area contributed by atoms with Crippen molar-refractivity contribution in [2.24, 2.45) is 0 Å². The van der Waals surface area contributed by atoms with Crippen molar-refractivity contribution in [3.05, 3.63) is 75.5 Å². The topological polar surface area (TPSA) is 68.3 Å². The van der Waals surface area contributed by atoms with Crippen molar-refractivity contribution in [2.75, 3.05) is 7.05 Å². The van der Waals surface area contributed by atoms with Gasteiger partial charge in [0.05, 0.1) is 0 Å². The van der Waals surface area contributed by atoms with Crippen LogP contribution in [-0.4, -0.2) is 27.6 Å². The molecule has 8 heteroatoms. The lowest BCUT2D eigenvalue weighted by atomic mass is 10.2. The van der Waals surface area contributed by atoms with E-state index in [1.54, 1.807) is 19.2 Å². The summed E-state index contributed by atoms with van der Waals surface area (Å²) in [7, 11) is 1.63. The molecule has 134 valence electrons. The number of hydrogen-bond acceptors (Lipinski definition) is 4. The number of rotatable bonds is 5. The van der Waals surface area contributed by atoms with Crippen LogP contribution in [-0.2, 0) is 17.9 Å². The van der Waals surface area contributed by atoms with Crippen LogP contribution in [0.2, 0.25) is 5.02 Å². The van der Waals surface area contributed by atoms with Crippen molar-refractivity contribution in [3.8, 4) is 11.5 Å². The number of aromatic nitrogens is 2. The van der Waals surface area contributed by atoms with Crippen LogP contribution in [0.15, 0.2) is 57.7 Å². The summed E-state index contributed by atoms with van der Waals surface area (Å²) in [6.45, 7) is 0.112. The maximum atomic E-state index is 13.0. The van der Waals surface area contributed by atoms with E-state index >= 15 is 0 Å². The van der Waals surface area contributed by atoms with Crippen molar-refractivity contribution in [2.45, 2.75) is 13.1 Å². The molecule has 0 fully saturated rings. The second kappa shape index (κ2) is 7.53. The smallest absolute Gasteiger partial charge is 0.388 e. The first kappa shape index (κ1) is 17.9. The Morgan fingerprint density at radius 1 is 1.19 bits per heavy atom. The predicted octanol–water partition coefficient (Wildman–Crippen LogP) is 2.95. The Morgan fingerprint density at radius 2 is 1.85 bits per heavy atom. The van der Waals surface area contributed by atoms with Crippen LogP contribution in [0.5, 0.6) is 0 Å². The standard InChI is InChI=1S/C18H15ClFN3O3/c1-22(10-12-2-6-14(19)7-3-12)16(24)11-23-18(25)26-17(21-23)13-4-8-15(20)9-5-13/h2-9H,10-11H2,1H3. The van der Waals surface area contributed by atoms with Gasteiger partial charge in [-0.3, -0.25) is 4.79 Å². The van der Waals surface area contributed by atoms with Gasteiger partial charge < -0.3 is 9.32 Å². The number of halogens is 2. The maximum absolute atomic E-state index is 13.0. The minimum atomic E-state index is -0.752. The van der Waals surface area contributed by atoms with Crippen LogP contribution >= 0.6 is 11.6 Å². The molecule has 6 nitrogen and oxygen atoms in total. The van der Waals surface area contributed by atoms with Gasteiger partial charge in [-0.1, -0.05) is 23.7 Å². The third-order valence-electron chi connectivity index (χ3n) is 3.74. The first-order chi connectivity index (χ1) is 12.4. The van der Waals surface area contributed by atoms with Gasteiger partial charge in [0.15, 0.2) is 0 Å². The second-order valence-electron chi connectivity index (χ2n) is 5.71. The van der Waals surface area contributed by atoms with Crippen molar-refractivity contribution in [1.82, 2.24) is 14.7 Å². The lowest BCUT2D eigenvalue weighted by Crippen LogP contribution is -2.32. The molecule has 0 aliphatic carbocycles. The fraction of sp³-hybridized carbons (Fsp3) is 0.167. The number of carbonyl (C=O) groups is 1. The highest BCUT2D eigenvalue weighted by Crippen LogP contribution is 2.16. The maximum Gasteiger partial charge on any atom is 0.437 e. The third kappa shape index (κ3) is 4.18. The van der Waals surface area contributed by atoms with E-state index in [1.165, 1.54) is 29.2 Å². The first-order valence-corrected chi connectivity index (χ1v) is 8.12. The highest BCUT2D eigenvalue weighted by atomic mass is 35.5. The molecule has 0 spiro atoms. The second-order valence-corrected chi connectivity index (χ2v) is 6.15. The lowest BCUT2D eigenvalue weighted by molar-refractivity contribution is -0.131. The summed E-state index contributed by atoms with van der Waals surface area (Å²) >= 11 is 5.84. The monoisotopic (exact) mass is 375 g/mol. The Hall–Kier alpha value is -2.93. The Labute approximate surface area is 153 Å². The molecule has 3 aromatic rings. The molecule has 0 saturated heterocycles. The van der Waals surface area contributed by atoms with Gasteiger partial charge in [-0.15, -0.1) is 5.10 Å². The Bertz CT molecular complexity index is 965. The third-order valence-corrected chi connectivity index (χ3v) is 3.99. The van der Waals surface area contributed by atoms with Crippen LogP contribution in [0.4, 0.5) is 4.39 Å². The zero-order valence-corrected chi connectivity index (χ0v) is 14.6. The zero-order chi connectivity index (χ0) is 18.7. The molecule has 26 heavy (non-hydrogen) atoms. The van der Waals surface area contributed by atoms with Gasteiger partial charge in [0.2, 0.25) is 11.8 Å². The van der Waals surface area contributed by atoms with E-state index in [9.17, 15) is 14.0 Å². The van der Waals surface area contributed by atoms with E-state index in [0.717, 1.165) is 10.2 Å². The van der Waals surface area contributed by atoms with Crippen LogP contribution in [0.3, 0.4) is 0 Å². The Kier molecular flexibility index (Phi) is 5.18. The summed E-state index contributed by atoms with van der Waals surface area (Å²) in [5, 5.41) is 4.62. The zero-order valence-electron chi connectivity index (χ0n) is 13.9. The first-order valence-electron chi connectivity index (χ1n) is 7.74. The van der Waals surface area contributed by atoms with Crippen LogP contribution in [0.25, 0.3) is 11.5 Å². The van der Waals surface area contributed by atoms with Crippen LogP contribution in [0, 0.1) is 5.82 Å². The van der Waals surface area contributed by atoms with Gasteiger partial charge in [0.1, 0.15) is 12.4 Å². The normalized spacial score (nSPS) is 10.7. The SMILES string of the molecule is CN(Cc1ccc(Cl)cc1)C(=O)Cn1nc(-c2ccc(F)cc2)oc1=O. The average Bonchev–Trinajstić information content (AvgIpc) is 2.98. The van der Waals surface area contributed by atoms with Crippen molar-refractivity contribution in [3.63, 3.8) is 0 Å². The molecular formula is C18H15ClFN3O3. The minimum absolute atomic E-state index is 0.0307. The van der Waals surface area contributed by atoms with Gasteiger partial charge in [-0.25, -0.2) is 9.18 Å². The number of nitrogens with zero attached hydrogens (tertiary/aromatic N) is 3. The summed E-state index contributed by atoms with van der Waals surface area (Å²) in [6, 6.07) is 12.5. The van der Waals surface area contributed by atoms with E-state index < -0.39 is 11.6 Å². The molecule has 1 amide bonds. The largest absolute Gasteiger partial charge is 0.437 e. The van der Waals surface area contributed by atoms with E-state index in [-0.39, 0.29) is 18.3 Å². The molecule has 1 heterocycles. The summed E-state index contributed by atoms with van der Waals surface area (Å²) in [5.74, 6) is -1.43. The molecule has 0 saturated carbocycles. The molecule has 0 N–H and O–H groups in total. The molecular weight excluding hydrogens is 361 g/mol. The van der Waals surface area contributed by atoms with Crippen molar-refractivity contribution in [1.29, 1.82) is 0 Å². The fourth-order valence-electron chi connectivity index (χ4n) is 2.32. The molecule has 0 atom stereocenters. The number of carbonyl (C=O) groups excluding carboxylic acids is 1. The highest BCUT2D eigenvalue weighted by Gasteiger charge is 2.16. The molecule has 3 rings (SSSR count). The van der Waals surface area contributed by atoms with Gasteiger partial charge >= 0.3 is 5.76 Å². The number of amides is 1. The summed E-state index contributed by atoms with van der Waals surface area (Å²) in [5.41, 5.74) is 1.36. The minimum Gasteiger partial charge on any atom is -0.388 e. The number of likely N-dealkylation sites (N-methyl/N-ethyl adjacent to an activating group) is 1. The molecule has 0 bridgehead atoms. The van der Waals surface area contributed by atoms with E-state index in [2.05, 4.69) is 5.10 Å². The Balaban J connectivity index is 1.70. The van der Waals surface area contributed by atoms with Gasteiger partial charge in [0, 0.05) is 24.2 Å². The molecule has 0 radical (unpaired) electrons. The predicted molar refractivity (Wildman–Crippen MR) is 94.1 cm³/mol. The molecule has 0 aliphatic heterocycles. The molecule has 2 aromatic carbocycles. The van der Waals surface area contributed by atoms with Crippen molar-refractivity contribution < 1.29 is 13.6 Å². The number of hydrogen-bond donors (Lipinski definition) is 0. The molecule has 1 aromatic heterocycles. The van der Waals surface area contributed by atoms with Crippen molar-refractivity contribution >= 4 is 17.5 Å². The summed E-state index contributed by atoms with van der Waals surface area (Å²) in [6.07, 6.45) is 0. The van der Waals surface area contributed by atoms with Gasteiger partial charge in [-0.05, 0) is 42.0 Å². The van der Waals surface area contributed by atoms with Crippen LogP contribution < -0.4 is 5.76 Å². The van der Waals surface area contributed by atoms with Gasteiger partial charge in [0.25, 0.3) is 0 Å². The lowest BCUT2D eigenvalue weighted by Gasteiger charge is -2.16. The summed E-state index contributed by atoms with van der Waals surface area (Å²) < 4.78 is 19.0.